The average molecular weight is 326 g/mol. The van der Waals surface area contributed by atoms with Crippen LogP contribution in [0.25, 0.3) is 0 Å². The van der Waals surface area contributed by atoms with Gasteiger partial charge in [0.05, 0.1) is 13.0 Å². The van der Waals surface area contributed by atoms with Gasteiger partial charge in [-0.1, -0.05) is 17.7 Å². The number of benzene rings is 1. The van der Waals surface area contributed by atoms with Crippen LogP contribution >= 0.6 is 11.6 Å². The van der Waals surface area contributed by atoms with Crippen LogP contribution in [-0.2, 0) is 14.3 Å². The predicted octanol–water partition coefficient (Wildman–Crippen LogP) is 2.52. The van der Waals surface area contributed by atoms with Crippen LogP contribution in [0.5, 0.6) is 5.75 Å². The van der Waals surface area contributed by atoms with Gasteiger partial charge in [-0.05, 0) is 38.0 Å². The summed E-state index contributed by atoms with van der Waals surface area (Å²) in [6.07, 6.45) is 0.665. The van der Waals surface area contributed by atoms with E-state index in [-0.39, 0.29) is 17.8 Å². The Morgan fingerprint density at radius 2 is 2.00 bits per heavy atom. The summed E-state index contributed by atoms with van der Waals surface area (Å²) in [5, 5.41) is 0.566. The van der Waals surface area contributed by atoms with Crippen LogP contribution in [0, 0.1) is 5.92 Å². The minimum absolute atomic E-state index is 0.0803. The van der Waals surface area contributed by atoms with E-state index in [0.717, 1.165) is 0 Å². The molecule has 1 aliphatic heterocycles. The molecule has 5 nitrogen and oxygen atoms in total. The van der Waals surface area contributed by atoms with Gasteiger partial charge in [0, 0.05) is 18.1 Å². The maximum atomic E-state index is 12.4. The van der Waals surface area contributed by atoms with Gasteiger partial charge < -0.3 is 14.4 Å². The molecular weight excluding hydrogens is 306 g/mol. The van der Waals surface area contributed by atoms with E-state index in [1.165, 1.54) is 7.11 Å². The Morgan fingerprint density at radius 1 is 1.32 bits per heavy atom. The van der Waals surface area contributed by atoms with Crippen molar-refractivity contribution >= 4 is 23.5 Å². The molecule has 1 saturated heterocycles. The maximum Gasteiger partial charge on any atom is 0.308 e. The number of ether oxygens (including phenoxy) is 2. The van der Waals surface area contributed by atoms with Crippen LogP contribution < -0.4 is 4.74 Å². The number of esters is 1. The van der Waals surface area contributed by atoms with Crippen LogP contribution in [0.15, 0.2) is 24.3 Å². The van der Waals surface area contributed by atoms with Gasteiger partial charge in [-0.3, -0.25) is 9.59 Å². The lowest BCUT2D eigenvalue weighted by Crippen LogP contribution is -2.45. The minimum Gasteiger partial charge on any atom is -0.481 e. The molecule has 6 heteroatoms. The highest BCUT2D eigenvalue weighted by molar-refractivity contribution is 6.30. The lowest BCUT2D eigenvalue weighted by atomic mass is 9.97. The molecule has 0 spiro atoms. The fourth-order valence-corrected chi connectivity index (χ4v) is 2.73. The van der Waals surface area contributed by atoms with Crippen LogP contribution in [0.2, 0.25) is 5.02 Å². The van der Waals surface area contributed by atoms with Gasteiger partial charge in [-0.2, -0.15) is 0 Å². The number of hydrogen-bond acceptors (Lipinski definition) is 4. The Hall–Kier alpha value is -1.75. The summed E-state index contributed by atoms with van der Waals surface area (Å²) in [6, 6.07) is 6.96. The van der Waals surface area contributed by atoms with Gasteiger partial charge in [0.15, 0.2) is 6.10 Å². The quantitative estimate of drug-likeness (QED) is 0.798. The molecule has 1 heterocycles. The number of halogens is 1. The normalized spacial score (nSPS) is 17.0. The third-order valence-corrected chi connectivity index (χ3v) is 4.03. The van der Waals surface area contributed by atoms with Crippen LogP contribution in [0.3, 0.4) is 0 Å². The standard InChI is InChI=1S/C16H20ClNO4/c1-11(22-14-5-3-4-13(17)10-14)15(19)18-8-6-12(7-9-18)16(20)21-2/h3-5,10-12H,6-9H2,1-2H3/t11-/m0/s1. The number of piperidine rings is 1. The Bertz CT molecular complexity index is 541. The van der Waals surface area contributed by atoms with E-state index in [1.54, 1.807) is 36.1 Å². The second-order valence-corrected chi connectivity index (χ2v) is 5.78. The fourth-order valence-electron chi connectivity index (χ4n) is 2.55. The molecule has 1 aromatic carbocycles. The number of nitrogens with zero attached hydrogens (tertiary/aromatic N) is 1. The molecule has 1 aromatic rings. The Balaban J connectivity index is 1.88. The number of amides is 1. The second-order valence-electron chi connectivity index (χ2n) is 5.34. The third-order valence-electron chi connectivity index (χ3n) is 3.80. The van der Waals surface area contributed by atoms with E-state index in [4.69, 9.17) is 21.1 Å². The van der Waals surface area contributed by atoms with Crippen LogP contribution in [0.4, 0.5) is 0 Å². The zero-order chi connectivity index (χ0) is 16.1. The topological polar surface area (TPSA) is 55.8 Å². The van der Waals surface area contributed by atoms with Gasteiger partial charge in [0.25, 0.3) is 5.91 Å². The van der Waals surface area contributed by atoms with E-state index in [0.29, 0.717) is 36.7 Å². The summed E-state index contributed by atoms with van der Waals surface area (Å²) >= 11 is 5.90. The Kier molecular flexibility index (Phi) is 5.66. The lowest BCUT2D eigenvalue weighted by molar-refractivity contribution is -0.150. The summed E-state index contributed by atoms with van der Waals surface area (Å²) in [5.74, 6) is 0.176. The molecule has 1 amide bonds. The first-order valence-corrected chi connectivity index (χ1v) is 7.68. The molecule has 1 aliphatic rings. The van der Waals surface area contributed by atoms with Gasteiger partial charge >= 0.3 is 5.97 Å². The highest BCUT2D eigenvalue weighted by atomic mass is 35.5. The molecule has 2 rings (SSSR count). The summed E-state index contributed by atoms with van der Waals surface area (Å²) in [6.45, 7) is 2.80. The summed E-state index contributed by atoms with van der Waals surface area (Å²) in [5.41, 5.74) is 0. The highest BCUT2D eigenvalue weighted by Crippen LogP contribution is 2.21. The second kappa shape index (κ2) is 7.49. The van der Waals surface area contributed by atoms with Crippen molar-refractivity contribution in [1.29, 1.82) is 0 Å². The monoisotopic (exact) mass is 325 g/mol. The smallest absolute Gasteiger partial charge is 0.308 e. The molecule has 0 aromatic heterocycles. The number of rotatable bonds is 4. The molecule has 1 atom stereocenters. The van der Waals surface area contributed by atoms with Crippen molar-refractivity contribution in [3.63, 3.8) is 0 Å². The molecule has 0 saturated carbocycles. The number of carbonyl (C=O) groups excluding carboxylic acids is 2. The Labute approximate surface area is 135 Å². The van der Waals surface area contributed by atoms with Gasteiger partial charge in [-0.25, -0.2) is 0 Å². The van der Waals surface area contributed by atoms with Crippen LogP contribution in [0.1, 0.15) is 19.8 Å². The minimum atomic E-state index is -0.590. The first-order chi connectivity index (χ1) is 10.5. The lowest BCUT2D eigenvalue weighted by Gasteiger charge is -2.32. The maximum absolute atomic E-state index is 12.4. The number of carbonyl (C=O) groups is 2. The van der Waals surface area contributed by atoms with Crippen molar-refractivity contribution < 1.29 is 19.1 Å². The first-order valence-electron chi connectivity index (χ1n) is 7.30. The van der Waals surface area contributed by atoms with Crippen molar-refractivity contribution in [3.8, 4) is 5.75 Å². The van der Waals surface area contributed by atoms with E-state index in [9.17, 15) is 9.59 Å². The van der Waals surface area contributed by atoms with Crippen molar-refractivity contribution in [3.05, 3.63) is 29.3 Å². The number of hydrogen-bond donors (Lipinski definition) is 0. The average Bonchev–Trinajstić information content (AvgIpc) is 2.53. The van der Waals surface area contributed by atoms with E-state index in [2.05, 4.69) is 0 Å². The molecule has 120 valence electrons. The highest BCUT2D eigenvalue weighted by Gasteiger charge is 2.30. The zero-order valence-electron chi connectivity index (χ0n) is 12.8. The number of likely N-dealkylation sites (tertiary alicyclic amines) is 1. The van der Waals surface area contributed by atoms with Crippen molar-refractivity contribution in [2.24, 2.45) is 5.92 Å². The molecule has 1 fully saturated rings. The van der Waals surface area contributed by atoms with Crippen LogP contribution in [-0.4, -0.2) is 43.1 Å². The molecular formula is C16H20ClNO4. The molecule has 0 aliphatic carbocycles. The summed E-state index contributed by atoms with van der Waals surface area (Å²) in [4.78, 5) is 25.6. The predicted molar refractivity (Wildman–Crippen MR) is 82.9 cm³/mol. The zero-order valence-corrected chi connectivity index (χ0v) is 13.5. The number of methoxy groups -OCH3 is 1. The Morgan fingerprint density at radius 3 is 2.59 bits per heavy atom. The molecule has 22 heavy (non-hydrogen) atoms. The molecule has 0 unspecified atom stereocenters. The molecule has 0 bridgehead atoms. The largest absolute Gasteiger partial charge is 0.481 e. The van der Waals surface area contributed by atoms with Gasteiger partial charge in [0.1, 0.15) is 5.75 Å². The van der Waals surface area contributed by atoms with Gasteiger partial charge in [-0.15, -0.1) is 0 Å². The molecule has 0 radical (unpaired) electrons. The fraction of sp³-hybridized carbons (Fsp3) is 0.500. The van der Waals surface area contributed by atoms with Crippen molar-refractivity contribution in [1.82, 2.24) is 4.90 Å². The SMILES string of the molecule is COC(=O)C1CCN(C(=O)[C@H](C)Oc2cccc(Cl)c2)CC1. The van der Waals surface area contributed by atoms with E-state index < -0.39 is 6.10 Å². The third kappa shape index (κ3) is 4.13. The summed E-state index contributed by atoms with van der Waals surface area (Å²) in [7, 11) is 1.39. The van der Waals surface area contributed by atoms with Gasteiger partial charge in [0.2, 0.25) is 0 Å². The molecule has 0 N–H and O–H groups in total. The van der Waals surface area contributed by atoms with Crippen molar-refractivity contribution in [2.75, 3.05) is 20.2 Å². The van der Waals surface area contributed by atoms with E-state index in [1.807, 2.05) is 0 Å². The van der Waals surface area contributed by atoms with Crippen molar-refractivity contribution in [2.45, 2.75) is 25.9 Å². The summed E-state index contributed by atoms with van der Waals surface area (Å²) < 4.78 is 10.4. The first kappa shape index (κ1) is 16.6. The van der Waals surface area contributed by atoms with E-state index >= 15 is 0 Å².